The molecule has 3 aromatic carbocycles. The zero-order valence-electron chi connectivity index (χ0n) is 16.1. The second-order valence-electron chi connectivity index (χ2n) is 7.41. The lowest BCUT2D eigenvalue weighted by Gasteiger charge is -2.21. The summed E-state index contributed by atoms with van der Waals surface area (Å²) >= 11 is 6.45. The highest BCUT2D eigenvalue weighted by Gasteiger charge is 2.16. The lowest BCUT2D eigenvalue weighted by molar-refractivity contribution is 0.198. The summed E-state index contributed by atoms with van der Waals surface area (Å²) in [4.78, 5) is 0. The van der Waals surface area contributed by atoms with Gasteiger partial charge in [-0.1, -0.05) is 60.1 Å². The Morgan fingerprint density at radius 1 is 0.929 bits per heavy atom. The Hall–Kier alpha value is -2.33. The first-order valence-corrected chi connectivity index (χ1v) is 9.86. The summed E-state index contributed by atoms with van der Waals surface area (Å²) in [7, 11) is 0. The number of halogens is 1. The van der Waals surface area contributed by atoms with E-state index in [0.717, 1.165) is 41.7 Å². The van der Waals surface area contributed by atoms with Gasteiger partial charge in [0.25, 0.3) is 0 Å². The summed E-state index contributed by atoms with van der Waals surface area (Å²) < 4.78 is 6.01. The van der Waals surface area contributed by atoms with E-state index in [1.54, 1.807) is 0 Å². The molecule has 4 heteroatoms. The molecule has 0 bridgehead atoms. The summed E-state index contributed by atoms with van der Waals surface area (Å²) in [5.41, 5.74) is 8.75. The van der Waals surface area contributed by atoms with Crippen LogP contribution in [0, 0.1) is 0 Å². The van der Waals surface area contributed by atoms with Crippen molar-refractivity contribution >= 4 is 11.6 Å². The Morgan fingerprint density at radius 3 is 2.36 bits per heavy atom. The lowest BCUT2D eigenvalue weighted by Crippen LogP contribution is -2.40. The van der Waals surface area contributed by atoms with Gasteiger partial charge in [-0.05, 0) is 67.1 Å². The van der Waals surface area contributed by atoms with Crippen molar-refractivity contribution in [2.45, 2.75) is 31.7 Å². The van der Waals surface area contributed by atoms with Gasteiger partial charge in [0, 0.05) is 10.6 Å². The number of rotatable bonds is 8. The summed E-state index contributed by atoms with van der Waals surface area (Å²) in [5, 5.41) is 9.93. The quantitative estimate of drug-likeness (QED) is 0.504. The normalized spacial score (nSPS) is 13.1. The maximum atomic E-state index is 9.25. The van der Waals surface area contributed by atoms with Crippen LogP contribution < -0.4 is 10.5 Å². The molecule has 0 heterocycles. The highest BCUT2D eigenvalue weighted by atomic mass is 35.5. The van der Waals surface area contributed by atoms with E-state index in [-0.39, 0.29) is 6.61 Å². The van der Waals surface area contributed by atoms with Crippen LogP contribution in [0.1, 0.15) is 25.3 Å². The van der Waals surface area contributed by atoms with Gasteiger partial charge in [0.05, 0.1) is 6.61 Å². The van der Waals surface area contributed by atoms with Crippen LogP contribution in [-0.2, 0) is 6.42 Å². The van der Waals surface area contributed by atoms with Crippen molar-refractivity contribution in [1.82, 2.24) is 0 Å². The van der Waals surface area contributed by atoms with Gasteiger partial charge in [-0.3, -0.25) is 0 Å². The maximum absolute atomic E-state index is 9.25. The Morgan fingerprint density at radius 2 is 1.64 bits per heavy atom. The van der Waals surface area contributed by atoms with Crippen LogP contribution in [0.25, 0.3) is 11.1 Å². The van der Waals surface area contributed by atoms with E-state index in [2.05, 4.69) is 18.2 Å². The molecule has 3 rings (SSSR count). The van der Waals surface area contributed by atoms with Crippen LogP contribution in [0.4, 0.5) is 0 Å². The van der Waals surface area contributed by atoms with Crippen molar-refractivity contribution in [2.24, 2.45) is 5.73 Å². The minimum absolute atomic E-state index is 0.0183. The van der Waals surface area contributed by atoms with Crippen LogP contribution in [0.5, 0.6) is 11.5 Å². The molecule has 0 fully saturated rings. The maximum Gasteiger partial charge on any atom is 0.128 e. The van der Waals surface area contributed by atoms with Gasteiger partial charge in [-0.15, -0.1) is 0 Å². The third-order valence-electron chi connectivity index (χ3n) is 4.76. The molecule has 28 heavy (non-hydrogen) atoms. The largest absolute Gasteiger partial charge is 0.457 e. The Labute approximate surface area is 171 Å². The first-order valence-electron chi connectivity index (χ1n) is 9.48. The van der Waals surface area contributed by atoms with Gasteiger partial charge in [0.2, 0.25) is 0 Å². The van der Waals surface area contributed by atoms with E-state index in [4.69, 9.17) is 22.1 Å². The van der Waals surface area contributed by atoms with E-state index < -0.39 is 5.54 Å². The third kappa shape index (κ3) is 5.59. The van der Waals surface area contributed by atoms with Crippen LogP contribution in [0.15, 0.2) is 72.8 Å². The summed E-state index contributed by atoms with van der Waals surface area (Å²) in [6.45, 7) is 1.84. The highest BCUT2D eigenvalue weighted by Crippen LogP contribution is 2.30. The van der Waals surface area contributed by atoms with Crippen LogP contribution in [0.3, 0.4) is 0 Å². The first-order chi connectivity index (χ1) is 13.5. The van der Waals surface area contributed by atoms with Crippen molar-refractivity contribution in [3.05, 3.63) is 83.4 Å². The highest BCUT2D eigenvalue weighted by molar-refractivity contribution is 6.31. The molecule has 3 N–H and O–H groups in total. The molecule has 146 valence electrons. The number of ether oxygens (including phenoxy) is 1. The summed E-state index contributed by atoms with van der Waals surface area (Å²) in [5.74, 6) is 1.48. The second kappa shape index (κ2) is 9.24. The fraction of sp³-hybridized carbons (Fsp3) is 0.250. The molecule has 0 aliphatic rings. The molecule has 0 aliphatic carbocycles. The number of benzene rings is 3. The average Bonchev–Trinajstić information content (AvgIpc) is 2.70. The van der Waals surface area contributed by atoms with E-state index >= 15 is 0 Å². The van der Waals surface area contributed by atoms with E-state index in [9.17, 15) is 5.11 Å². The van der Waals surface area contributed by atoms with Gasteiger partial charge in [-0.25, -0.2) is 0 Å². The molecule has 3 aromatic rings. The predicted molar refractivity (Wildman–Crippen MR) is 116 cm³/mol. The van der Waals surface area contributed by atoms with Crippen LogP contribution in [-0.4, -0.2) is 17.3 Å². The van der Waals surface area contributed by atoms with Gasteiger partial charge in [0.1, 0.15) is 11.5 Å². The molecule has 0 saturated carbocycles. The Bertz CT molecular complexity index is 909. The molecule has 3 nitrogen and oxygen atoms in total. The monoisotopic (exact) mass is 395 g/mol. The molecule has 0 radical (unpaired) electrons. The fourth-order valence-corrected chi connectivity index (χ4v) is 3.33. The van der Waals surface area contributed by atoms with Gasteiger partial charge < -0.3 is 15.6 Å². The Balaban J connectivity index is 1.66. The van der Waals surface area contributed by atoms with Gasteiger partial charge >= 0.3 is 0 Å². The van der Waals surface area contributed by atoms with E-state index in [1.165, 1.54) is 0 Å². The zero-order valence-corrected chi connectivity index (χ0v) is 16.8. The number of aryl methyl sites for hydroxylation is 1. The van der Waals surface area contributed by atoms with Crippen molar-refractivity contribution in [2.75, 3.05) is 6.61 Å². The van der Waals surface area contributed by atoms with Crippen molar-refractivity contribution in [3.63, 3.8) is 0 Å². The minimum atomic E-state index is -0.542. The molecular formula is C24H26ClNO2. The van der Waals surface area contributed by atoms with Crippen molar-refractivity contribution in [3.8, 4) is 22.6 Å². The van der Waals surface area contributed by atoms with Crippen LogP contribution in [0.2, 0.25) is 5.02 Å². The molecule has 0 unspecified atom stereocenters. The molecule has 0 spiro atoms. The fourth-order valence-electron chi connectivity index (χ4n) is 3.06. The first kappa shape index (κ1) is 20.4. The number of aliphatic hydroxyl groups excluding tert-OH is 1. The molecule has 0 amide bonds. The van der Waals surface area contributed by atoms with Gasteiger partial charge in [-0.2, -0.15) is 0 Å². The molecule has 1 atom stereocenters. The van der Waals surface area contributed by atoms with Crippen LogP contribution >= 0.6 is 11.6 Å². The minimum Gasteiger partial charge on any atom is -0.457 e. The van der Waals surface area contributed by atoms with E-state index in [0.29, 0.717) is 10.8 Å². The smallest absolute Gasteiger partial charge is 0.128 e. The molecule has 0 aromatic heterocycles. The average molecular weight is 396 g/mol. The second-order valence-corrected chi connectivity index (χ2v) is 7.82. The molecule has 0 aliphatic heterocycles. The molecule has 0 saturated heterocycles. The summed E-state index contributed by atoms with van der Waals surface area (Å²) in [6, 6.07) is 24.0. The number of aliphatic hydroxyl groups is 1. The molecular weight excluding hydrogens is 370 g/mol. The number of nitrogens with two attached hydrogens (primary N) is 1. The lowest BCUT2D eigenvalue weighted by atomic mass is 9.95. The van der Waals surface area contributed by atoms with Crippen molar-refractivity contribution in [1.29, 1.82) is 0 Å². The standard InChI is InChI=1S/C24H26ClNO2/c1-24(26,17-27)14-6-10-19-12-13-22(16-23(19)25)28-21-11-5-9-20(15-21)18-7-3-2-4-8-18/h2-5,7-9,11-13,15-16,27H,6,10,14,17,26H2,1H3/t24-/m1/s1. The van der Waals surface area contributed by atoms with Gasteiger partial charge in [0.15, 0.2) is 0 Å². The Kier molecular flexibility index (Phi) is 6.74. The third-order valence-corrected chi connectivity index (χ3v) is 5.11. The zero-order chi connectivity index (χ0) is 20.0. The van der Waals surface area contributed by atoms with E-state index in [1.807, 2.05) is 61.5 Å². The van der Waals surface area contributed by atoms with Crippen molar-refractivity contribution < 1.29 is 9.84 Å². The predicted octanol–water partition coefficient (Wildman–Crippen LogP) is 5.83. The number of hydrogen-bond acceptors (Lipinski definition) is 3. The topological polar surface area (TPSA) is 55.5 Å². The summed E-state index contributed by atoms with van der Waals surface area (Å²) in [6.07, 6.45) is 2.42. The number of hydrogen-bond donors (Lipinski definition) is 2. The SMILES string of the molecule is C[C@](N)(CO)CCCc1ccc(Oc2cccc(-c3ccccc3)c2)cc1Cl.